The lowest BCUT2D eigenvalue weighted by molar-refractivity contribution is -0.129. The van der Waals surface area contributed by atoms with E-state index in [-0.39, 0.29) is 30.9 Å². The molecule has 0 fully saturated rings. The van der Waals surface area contributed by atoms with E-state index < -0.39 is 36.1 Å². The van der Waals surface area contributed by atoms with Gasteiger partial charge in [0.25, 0.3) is 6.43 Å². The molecule has 7 heteroatoms. The fourth-order valence-electron chi connectivity index (χ4n) is 2.32. The summed E-state index contributed by atoms with van der Waals surface area (Å²) in [6, 6.07) is 1.89. The van der Waals surface area contributed by atoms with Gasteiger partial charge in [0.2, 0.25) is 5.91 Å². The number of rotatable bonds is 6. The van der Waals surface area contributed by atoms with Crippen LogP contribution in [0.1, 0.15) is 18.4 Å². The van der Waals surface area contributed by atoms with Crippen molar-refractivity contribution in [2.45, 2.75) is 19.3 Å². The van der Waals surface area contributed by atoms with Gasteiger partial charge in [0.15, 0.2) is 0 Å². The Labute approximate surface area is 130 Å². The van der Waals surface area contributed by atoms with Crippen molar-refractivity contribution in [2.75, 3.05) is 13.2 Å². The Bertz CT molecular complexity index is 620. The highest BCUT2D eigenvalue weighted by Gasteiger charge is 2.29. The molecule has 0 saturated heterocycles. The van der Waals surface area contributed by atoms with Crippen molar-refractivity contribution >= 4 is 11.6 Å². The summed E-state index contributed by atoms with van der Waals surface area (Å²) in [6.07, 6.45) is 0.259. The van der Waals surface area contributed by atoms with Gasteiger partial charge in [0.1, 0.15) is 24.0 Å². The standard InChI is InChI=1S/C16H15F4NO2/c1-2-6-23-10-7-11(17)16(12(18)8-10)13-4-3-5-15(22)21(13)9-14(19)20/h2,4,7-8,14H,1,3,5-6,9H2. The molecule has 0 unspecified atom stereocenters. The average Bonchev–Trinajstić information content (AvgIpc) is 2.47. The normalized spacial score (nSPS) is 14.9. The van der Waals surface area contributed by atoms with E-state index in [1.807, 2.05) is 0 Å². The third-order valence-electron chi connectivity index (χ3n) is 3.25. The molecule has 0 N–H and O–H groups in total. The minimum atomic E-state index is -2.80. The van der Waals surface area contributed by atoms with Crippen LogP contribution in [0.15, 0.2) is 30.9 Å². The van der Waals surface area contributed by atoms with E-state index in [1.165, 1.54) is 12.2 Å². The average molecular weight is 329 g/mol. The Morgan fingerprint density at radius 2 is 1.96 bits per heavy atom. The molecule has 1 aromatic rings. The van der Waals surface area contributed by atoms with E-state index in [2.05, 4.69) is 6.58 Å². The molecule has 23 heavy (non-hydrogen) atoms. The molecule has 0 spiro atoms. The monoisotopic (exact) mass is 329 g/mol. The summed E-state index contributed by atoms with van der Waals surface area (Å²) < 4.78 is 58.8. The predicted molar refractivity (Wildman–Crippen MR) is 77.0 cm³/mol. The van der Waals surface area contributed by atoms with Crippen molar-refractivity contribution in [2.24, 2.45) is 0 Å². The van der Waals surface area contributed by atoms with Gasteiger partial charge in [0, 0.05) is 18.6 Å². The first-order chi connectivity index (χ1) is 10.9. The number of carbonyl (C=O) groups is 1. The number of amides is 1. The van der Waals surface area contributed by atoms with Crippen LogP contribution >= 0.6 is 0 Å². The maximum Gasteiger partial charge on any atom is 0.256 e. The summed E-state index contributed by atoms with van der Waals surface area (Å²) in [5.74, 6) is -2.60. The molecule has 1 aliphatic rings. The third-order valence-corrected chi connectivity index (χ3v) is 3.25. The zero-order valence-electron chi connectivity index (χ0n) is 12.2. The molecular formula is C16H15F4NO2. The second-order valence-corrected chi connectivity index (χ2v) is 4.89. The molecule has 2 rings (SSSR count). The fourth-order valence-corrected chi connectivity index (χ4v) is 2.32. The number of hydrogen-bond donors (Lipinski definition) is 0. The van der Waals surface area contributed by atoms with Crippen molar-refractivity contribution in [3.8, 4) is 5.75 Å². The summed E-state index contributed by atoms with van der Waals surface area (Å²) in [5.41, 5.74) is -0.684. The number of hydrogen-bond acceptors (Lipinski definition) is 2. The van der Waals surface area contributed by atoms with E-state index in [1.54, 1.807) is 0 Å². The van der Waals surface area contributed by atoms with Crippen molar-refractivity contribution in [3.63, 3.8) is 0 Å². The Morgan fingerprint density at radius 3 is 2.52 bits per heavy atom. The van der Waals surface area contributed by atoms with Crippen molar-refractivity contribution in [1.82, 2.24) is 4.90 Å². The van der Waals surface area contributed by atoms with Gasteiger partial charge in [-0.15, -0.1) is 0 Å². The van der Waals surface area contributed by atoms with E-state index in [0.29, 0.717) is 0 Å². The minimum absolute atomic E-state index is 0.0278. The molecule has 0 bridgehead atoms. The first kappa shape index (κ1) is 17.1. The molecule has 0 radical (unpaired) electrons. The Balaban J connectivity index is 2.40. The summed E-state index contributed by atoms with van der Waals surface area (Å²) in [7, 11) is 0. The molecule has 0 atom stereocenters. The number of halogens is 4. The van der Waals surface area contributed by atoms with E-state index >= 15 is 0 Å². The minimum Gasteiger partial charge on any atom is -0.489 e. The second-order valence-electron chi connectivity index (χ2n) is 4.89. The zero-order valence-corrected chi connectivity index (χ0v) is 12.2. The van der Waals surface area contributed by atoms with Gasteiger partial charge in [-0.1, -0.05) is 18.7 Å². The molecule has 1 aromatic carbocycles. The number of nitrogens with zero attached hydrogens (tertiary/aromatic N) is 1. The van der Waals surface area contributed by atoms with Crippen LogP contribution in [-0.2, 0) is 4.79 Å². The summed E-state index contributed by atoms with van der Waals surface area (Å²) in [4.78, 5) is 12.5. The van der Waals surface area contributed by atoms with Crippen molar-refractivity contribution < 1.29 is 27.1 Å². The lowest BCUT2D eigenvalue weighted by Gasteiger charge is -2.29. The van der Waals surface area contributed by atoms with Gasteiger partial charge in [-0.25, -0.2) is 17.6 Å². The molecular weight excluding hydrogens is 314 g/mol. The van der Waals surface area contributed by atoms with Crippen LogP contribution in [0.5, 0.6) is 5.75 Å². The topological polar surface area (TPSA) is 29.5 Å². The Morgan fingerprint density at radius 1 is 1.30 bits per heavy atom. The Kier molecular flexibility index (Phi) is 5.41. The van der Waals surface area contributed by atoms with E-state index in [9.17, 15) is 22.4 Å². The van der Waals surface area contributed by atoms with Crippen LogP contribution in [0.3, 0.4) is 0 Å². The molecule has 1 amide bonds. The molecule has 3 nitrogen and oxygen atoms in total. The van der Waals surface area contributed by atoms with Crippen LogP contribution < -0.4 is 4.74 Å². The first-order valence-corrected chi connectivity index (χ1v) is 6.95. The number of allylic oxidation sites excluding steroid dienone is 1. The molecule has 124 valence electrons. The molecule has 0 aromatic heterocycles. The van der Waals surface area contributed by atoms with Crippen LogP contribution in [-0.4, -0.2) is 30.4 Å². The molecule has 0 saturated carbocycles. The second kappa shape index (κ2) is 7.30. The largest absolute Gasteiger partial charge is 0.489 e. The molecule has 1 aliphatic heterocycles. The van der Waals surface area contributed by atoms with Crippen LogP contribution in [0.2, 0.25) is 0 Å². The SMILES string of the molecule is C=CCOc1cc(F)c(C2=CCCC(=O)N2CC(F)F)c(F)c1. The number of carbonyl (C=O) groups excluding carboxylic acids is 1. The number of benzene rings is 1. The van der Waals surface area contributed by atoms with Gasteiger partial charge in [0.05, 0.1) is 17.8 Å². The van der Waals surface area contributed by atoms with Crippen molar-refractivity contribution in [1.29, 1.82) is 0 Å². The third kappa shape index (κ3) is 3.91. The molecule has 1 heterocycles. The maximum absolute atomic E-state index is 14.2. The fraction of sp³-hybridized carbons (Fsp3) is 0.312. The summed E-state index contributed by atoms with van der Waals surface area (Å²) >= 11 is 0. The lowest BCUT2D eigenvalue weighted by atomic mass is 10.0. The van der Waals surface area contributed by atoms with Gasteiger partial charge in [-0.2, -0.15) is 0 Å². The lowest BCUT2D eigenvalue weighted by Crippen LogP contribution is -2.36. The summed E-state index contributed by atoms with van der Waals surface area (Å²) in [5, 5.41) is 0. The van der Waals surface area contributed by atoms with Gasteiger partial charge >= 0.3 is 0 Å². The number of ether oxygens (including phenoxy) is 1. The van der Waals surface area contributed by atoms with Gasteiger partial charge < -0.3 is 9.64 Å². The van der Waals surface area contributed by atoms with Crippen LogP contribution in [0, 0.1) is 11.6 Å². The van der Waals surface area contributed by atoms with Gasteiger partial charge in [-0.05, 0) is 6.42 Å². The maximum atomic E-state index is 14.2. The van der Waals surface area contributed by atoms with Crippen LogP contribution in [0.4, 0.5) is 17.6 Å². The highest BCUT2D eigenvalue weighted by atomic mass is 19.3. The quantitative estimate of drug-likeness (QED) is 0.587. The van der Waals surface area contributed by atoms with Crippen LogP contribution in [0.25, 0.3) is 5.70 Å². The first-order valence-electron chi connectivity index (χ1n) is 6.95. The highest BCUT2D eigenvalue weighted by Crippen LogP contribution is 2.32. The number of alkyl halides is 2. The van der Waals surface area contributed by atoms with Crippen molar-refractivity contribution in [3.05, 3.63) is 48.1 Å². The molecule has 0 aliphatic carbocycles. The summed E-state index contributed by atoms with van der Waals surface area (Å²) in [6.45, 7) is 2.58. The predicted octanol–water partition coefficient (Wildman–Crippen LogP) is 3.76. The Hall–Kier alpha value is -2.31. The zero-order chi connectivity index (χ0) is 17.0. The van der Waals surface area contributed by atoms with E-state index in [0.717, 1.165) is 17.0 Å². The highest BCUT2D eigenvalue weighted by molar-refractivity contribution is 5.89. The van der Waals surface area contributed by atoms with Gasteiger partial charge in [-0.3, -0.25) is 4.79 Å². The smallest absolute Gasteiger partial charge is 0.256 e. The van der Waals surface area contributed by atoms with E-state index in [4.69, 9.17) is 4.74 Å².